The van der Waals surface area contributed by atoms with Crippen molar-refractivity contribution < 1.29 is 4.74 Å². The van der Waals surface area contributed by atoms with Crippen LogP contribution in [0.1, 0.15) is 12.8 Å². The normalized spacial score (nSPS) is 20.4. The Kier molecular flexibility index (Phi) is 6.14. The lowest BCUT2D eigenvalue weighted by atomic mass is 9.99. The number of nitrogens with one attached hydrogen (secondary N) is 1. The van der Waals surface area contributed by atoms with E-state index in [2.05, 4.69) is 44.3 Å². The topological polar surface area (TPSA) is 24.5 Å². The Morgan fingerprint density at radius 1 is 1.47 bits per heavy atom. The van der Waals surface area contributed by atoms with Crippen LogP contribution in [0.4, 0.5) is 5.69 Å². The van der Waals surface area contributed by atoms with E-state index in [1.807, 2.05) is 6.07 Å². The van der Waals surface area contributed by atoms with Crippen molar-refractivity contribution in [2.24, 2.45) is 5.92 Å². The van der Waals surface area contributed by atoms with Crippen LogP contribution in [0.25, 0.3) is 0 Å². The second-order valence-electron chi connectivity index (χ2n) is 5.20. The minimum absolute atomic E-state index is 0.713. The van der Waals surface area contributed by atoms with E-state index in [1.165, 1.54) is 31.6 Å². The van der Waals surface area contributed by atoms with Crippen LogP contribution in [0, 0.1) is 5.92 Å². The number of ether oxygens (including phenoxy) is 1. The molecule has 4 heteroatoms. The van der Waals surface area contributed by atoms with Gasteiger partial charge in [0.15, 0.2) is 0 Å². The molecule has 0 aliphatic carbocycles. The van der Waals surface area contributed by atoms with Gasteiger partial charge in [0.25, 0.3) is 0 Å². The number of nitrogens with zero attached hydrogens (tertiary/aromatic N) is 1. The van der Waals surface area contributed by atoms with Crippen molar-refractivity contribution in [3.63, 3.8) is 0 Å². The Hall–Kier alpha value is -0.580. The first-order valence-electron chi connectivity index (χ1n) is 6.98. The second kappa shape index (κ2) is 7.88. The Morgan fingerprint density at radius 3 is 3.16 bits per heavy atom. The molecule has 106 valence electrons. The molecule has 0 bridgehead atoms. The number of likely N-dealkylation sites (tertiary alicyclic amines) is 1. The van der Waals surface area contributed by atoms with Crippen LogP contribution in [0.2, 0.25) is 0 Å². The molecule has 1 saturated heterocycles. The molecule has 0 aromatic heterocycles. The van der Waals surface area contributed by atoms with Gasteiger partial charge in [-0.25, -0.2) is 0 Å². The number of methoxy groups -OCH3 is 1. The monoisotopic (exact) mass is 326 g/mol. The van der Waals surface area contributed by atoms with Gasteiger partial charge in [-0.3, -0.25) is 0 Å². The lowest BCUT2D eigenvalue weighted by Gasteiger charge is -2.32. The van der Waals surface area contributed by atoms with E-state index in [1.54, 1.807) is 7.11 Å². The molecule has 1 aromatic rings. The molecule has 1 atom stereocenters. The molecule has 0 radical (unpaired) electrons. The van der Waals surface area contributed by atoms with Crippen molar-refractivity contribution in [3.8, 4) is 0 Å². The highest BCUT2D eigenvalue weighted by atomic mass is 79.9. The zero-order chi connectivity index (χ0) is 13.5. The first-order chi connectivity index (χ1) is 9.28. The van der Waals surface area contributed by atoms with Crippen molar-refractivity contribution >= 4 is 21.6 Å². The minimum Gasteiger partial charge on any atom is -0.384 e. The number of anilines is 1. The summed E-state index contributed by atoms with van der Waals surface area (Å²) >= 11 is 3.49. The van der Waals surface area contributed by atoms with Crippen molar-refractivity contribution in [2.75, 3.05) is 45.2 Å². The number of benzene rings is 1. The third-order valence-electron chi connectivity index (χ3n) is 3.59. The fourth-order valence-electron chi connectivity index (χ4n) is 2.68. The van der Waals surface area contributed by atoms with E-state index < -0.39 is 0 Å². The van der Waals surface area contributed by atoms with E-state index >= 15 is 0 Å². The van der Waals surface area contributed by atoms with Crippen molar-refractivity contribution in [3.05, 3.63) is 28.7 Å². The second-order valence-corrected chi connectivity index (χ2v) is 6.12. The van der Waals surface area contributed by atoms with E-state index in [9.17, 15) is 0 Å². The minimum atomic E-state index is 0.713. The van der Waals surface area contributed by atoms with E-state index in [-0.39, 0.29) is 0 Å². The summed E-state index contributed by atoms with van der Waals surface area (Å²) in [5, 5.41) is 3.48. The smallest absolute Gasteiger partial charge is 0.0502 e. The fourth-order valence-corrected chi connectivity index (χ4v) is 3.08. The molecule has 0 amide bonds. The maximum absolute atomic E-state index is 5.27. The predicted octanol–water partition coefficient (Wildman–Crippen LogP) is 3.22. The summed E-state index contributed by atoms with van der Waals surface area (Å²) in [5.74, 6) is 0.713. The van der Waals surface area contributed by atoms with Crippen LogP contribution in [-0.4, -0.2) is 44.8 Å². The number of piperidine rings is 1. The SMILES string of the molecule is COCC1CCCN(CCNc2cccc(Br)c2)C1. The molecular formula is C15H23BrN2O. The molecule has 1 N–H and O–H groups in total. The van der Waals surface area contributed by atoms with Crippen LogP contribution < -0.4 is 5.32 Å². The molecule has 19 heavy (non-hydrogen) atoms. The lowest BCUT2D eigenvalue weighted by molar-refractivity contribution is 0.0926. The highest BCUT2D eigenvalue weighted by molar-refractivity contribution is 9.10. The molecule has 0 saturated carbocycles. The summed E-state index contributed by atoms with van der Waals surface area (Å²) in [6.45, 7) is 5.40. The van der Waals surface area contributed by atoms with Crippen LogP contribution in [0.5, 0.6) is 0 Å². The van der Waals surface area contributed by atoms with Crippen molar-refractivity contribution in [1.82, 2.24) is 4.90 Å². The summed E-state index contributed by atoms with van der Waals surface area (Å²) in [6, 6.07) is 8.33. The zero-order valence-corrected chi connectivity index (χ0v) is 13.2. The summed E-state index contributed by atoms with van der Waals surface area (Å²) in [7, 11) is 1.80. The molecule has 1 heterocycles. The molecule has 1 fully saturated rings. The zero-order valence-electron chi connectivity index (χ0n) is 11.6. The summed E-state index contributed by atoms with van der Waals surface area (Å²) in [6.07, 6.45) is 2.61. The maximum Gasteiger partial charge on any atom is 0.0502 e. The van der Waals surface area contributed by atoms with Crippen LogP contribution in [-0.2, 0) is 4.74 Å². The number of hydrogen-bond donors (Lipinski definition) is 1. The van der Waals surface area contributed by atoms with Gasteiger partial charge in [0, 0.05) is 36.9 Å². The maximum atomic E-state index is 5.27. The van der Waals surface area contributed by atoms with Gasteiger partial charge in [0.05, 0.1) is 6.61 Å². The van der Waals surface area contributed by atoms with E-state index in [0.717, 1.165) is 24.2 Å². The first-order valence-corrected chi connectivity index (χ1v) is 7.78. The van der Waals surface area contributed by atoms with Gasteiger partial charge < -0.3 is 15.0 Å². The van der Waals surface area contributed by atoms with Gasteiger partial charge >= 0.3 is 0 Å². The molecular weight excluding hydrogens is 304 g/mol. The Morgan fingerprint density at radius 2 is 2.37 bits per heavy atom. The van der Waals surface area contributed by atoms with Gasteiger partial charge in [-0.1, -0.05) is 22.0 Å². The highest BCUT2D eigenvalue weighted by Gasteiger charge is 2.18. The molecule has 0 spiro atoms. The summed E-state index contributed by atoms with van der Waals surface area (Å²) < 4.78 is 6.39. The number of rotatable bonds is 6. The van der Waals surface area contributed by atoms with Gasteiger partial charge in [-0.05, 0) is 43.5 Å². The van der Waals surface area contributed by atoms with Gasteiger partial charge in [0.1, 0.15) is 0 Å². The summed E-state index contributed by atoms with van der Waals surface area (Å²) in [5.41, 5.74) is 1.18. The number of halogens is 1. The Balaban J connectivity index is 1.70. The summed E-state index contributed by atoms with van der Waals surface area (Å²) in [4.78, 5) is 2.54. The average molecular weight is 327 g/mol. The standard InChI is InChI=1S/C15H23BrN2O/c1-19-12-13-4-3-8-18(11-13)9-7-17-15-6-2-5-14(16)10-15/h2,5-6,10,13,17H,3-4,7-9,11-12H2,1H3. The van der Waals surface area contributed by atoms with E-state index in [0.29, 0.717) is 5.92 Å². The molecule has 1 aliphatic heterocycles. The molecule has 2 rings (SSSR count). The Bertz CT molecular complexity index is 384. The van der Waals surface area contributed by atoms with Crippen LogP contribution in [0.15, 0.2) is 28.7 Å². The molecule has 1 aromatic carbocycles. The van der Waals surface area contributed by atoms with Crippen molar-refractivity contribution in [1.29, 1.82) is 0 Å². The fraction of sp³-hybridized carbons (Fsp3) is 0.600. The number of hydrogen-bond acceptors (Lipinski definition) is 3. The van der Waals surface area contributed by atoms with Gasteiger partial charge in [0.2, 0.25) is 0 Å². The predicted molar refractivity (Wildman–Crippen MR) is 83.7 cm³/mol. The highest BCUT2D eigenvalue weighted by Crippen LogP contribution is 2.17. The van der Waals surface area contributed by atoms with Crippen LogP contribution in [0.3, 0.4) is 0 Å². The lowest BCUT2D eigenvalue weighted by Crippen LogP contribution is -2.39. The average Bonchev–Trinajstić information content (AvgIpc) is 2.40. The quantitative estimate of drug-likeness (QED) is 0.868. The Labute approximate surface area is 124 Å². The molecule has 1 aliphatic rings. The third-order valence-corrected chi connectivity index (χ3v) is 4.08. The van der Waals surface area contributed by atoms with Crippen LogP contribution >= 0.6 is 15.9 Å². The largest absolute Gasteiger partial charge is 0.384 e. The third kappa shape index (κ3) is 5.13. The van der Waals surface area contributed by atoms with E-state index in [4.69, 9.17) is 4.74 Å². The molecule has 1 unspecified atom stereocenters. The van der Waals surface area contributed by atoms with Crippen molar-refractivity contribution in [2.45, 2.75) is 12.8 Å². The molecule has 3 nitrogen and oxygen atoms in total. The van der Waals surface area contributed by atoms with Gasteiger partial charge in [-0.15, -0.1) is 0 Å². The van der Waals surface area contributed by atoms with Gasteiger partial charge in [-0.2, -0.15) is 0 Å². The first kappa shape index (κ1) is 14.8.